The van der Waals surface area contributed by atoms with Crippen LogP contribution in [-0.4, -0.2) is 20.3 Å². The zero-order chi connectivity index (χ0) is 12.0. The summed E-state index contributed by atoms with van der Waals surface area (Å²) in [5.41, 5.74) is 6.79. The van der Waals surface area contributed by atoms with Gasteiger partial charge in [0.05, 0.1) is 6.61 Å². The predicted molar refractivity (Wildman–Crippen MR) is 66.0 cm³/mol. The summed E-state index contributed by atoms with van der Waals surface area (Å²) in [5, 5.41) is 0.677. The van der Waals surface area contributed by atoms with Gasteiger partial charge in [-0.25, -0.2) is 0 Å². The molecule has 16 heavy (non-hydrogen) atoms. The Balaban J connectivity index is 2.64. The fourth-order valence-corrected chi connectivity index (χ4v) is 1.57. The van der Waals surface area contributed by atoms with E-state index in [4.69, 9.17) is 26.8 Å². The van der Waals surface area contributed by atoms with Crippen LogP contribution in [0.5, 0.6) is 5.75 Å². The molecule has 0 aliphatic carbocycles. The van der Waals surface area contributed by atoms with Crippen LogP contribution in [0.15, 0.2) is 18.2 Å². The van der Waals surface area contributed by atoms with E-state index < -0.39 is 0 Å². The third-order valence-corrected chi connectivity index (χ3v) is 2.45. The Morgan fingerprint density at radius 2 is 2.12 bits per heavy atom. The minimum Gasteiger partial charge on any atom is -0.493 e. The maximum absolute atomic E-state index is 5.91. The molecule has 0 aliphatic heterocycles. The number of ether oxygens (including phenoxy) is 2. The first-order valence-corrected chi connectivity index (χ1v) is 5.69. The SMILES string of the molecule is COCCCOc1ccc(Cl)cc1C(C)N. The second-order valence-corrected chi connectivity index (χ2v) is 4.10. The van der Waals surface area contributed by atoms with Crippen molar-refractivity contribution in [1.82, 2.24) is 0 Å². The summed E-state index contributed by atoms with van der Waals surface area (Å²) in [4.78, 5) is 0. The van der Waals surface area contributed by atoms with Crippen molar-refractivity contribution in [3.05, 3.63) is 28.8 Å². The van der Waals surface area contributed by atoms with Gasteiger partial charge in [0.2, 0.25) is 0 Å². The van der Waals surface area contributed by atoms with Gasteiger partial charge in [0.25, 0.3) is 0 Å². The molecule has 2 N–H and O–H groups in total. The zero-order valence-electron chi connectivity index (χ0n) is 9.70. The van der Waals surface area contributed by atoms with Crippen LogP contribution in [0.1, 0.15) is 24.9 Å². The maximum Gasteiger partial charge on any atom is 0.124 e. The Morgan fingerprint density at radius 1 is 1.38 bits per heavy atom. The highest BCUT2D eigenvalue weighted by Crippen LogP contribution is 2.27. The van der Waals surface area contributed by atoms with Gasteiger partial charge < -0.3 is 15.2 Å². The van der Waals surface area contributed by atoms with E-state index in [1.54, 1.807) is 13.2 Å². The van der Waals surface area contributed by atoms with Gasteiger partial charge >= 0.3 is 0 Å². The number of rotatable bonds is 6. The molecule has 0 fully saturated rings. The molecular formula is C12H18ClNO2. The minimum absolute atomic E-state index is 0.0869. The third kappa shape index (κ3) is 4.00. The van der Waals surface area contributed by atoms with Gasteiger partial charge in [-0.1, -0.05) is 11.6 Å². The summed E-state index contributed by atoms with van der Waals surface area (Å²) >= 11 is 5.91. The monoisotopic (exact) mass is 243 g/mol. The molecule has 0 spiro atoms. The molecule has 0 aromatic heterocycles. The summed E-state index contributed by atoms with van der Waals surface area (Å²) in [6, 6.07) is 5.42. The molecule has 0 bridgehead atoms. The van der Waals surface area contributed by atoms with E-state index in [-0.39, 0.29) is 6.04 Å². The van der Waals surface area contributed by atoms with E-state index in [0.717, 1.165) is 17.7 Å². The van der Waals surface area contributed by atoms with Crippen LogP contribution >= 0.6 is 11.6 Å². The third-order valence-electron chi connectivity index (χ3n) is 2.21. The number of halogens is 1. The van der Waals surface area contributed by atoms with Crippen LogP contribution in [0.25, 0.3) is 0 Å². The normalized spacial score (nSPS) is 12.5. The Hall–Kier alpha value is -0.770. The second kappa shape index (κ2) is 6.74. The molecular weight excluding hydrogens is 226 g/mol. The molecule has 0 amide bonds. The summed E-state index contributed by atoms with van der Waals surface area (Å²) in [6.07, 6.45) is 0.859. The van der Waals surface area contributed by atoms with Gasteiger partial charge in [-0.2, -0.15) is 0 Å². The molecule has 0 radical (unpaired) electrons. The Kier molecular flexibility index (Phi) is 5.60. The highest BCUT2D eigenvalue weighted by atomic mass is 35.5. The topological polar surface area (TPSA) is 44.5 Å². The molecule has 1 rings (SSSR count). The molecule has 3 nitrogen and oxygen atoms in total. The first kappa shape index (κ1) is 13.3. The molecule has 1 aromatic rings. The van der Waals surface area contributed by atoms with Gasteiger partial charge in [0, 0.05) is 36.8 Å². The van der Waals surface area contributed by atoms with Crippen LogP contribution in [0.4, 0.5) is 0 Å². The lowest BCUT2D eigenvalue weighted by Crippen LogP contribution is -2.09. The Bertz CT molecular complexity index is 329. The van der Waals surface area contributed by atoms with Crippen LogP contribution in [-0.2, 0) is 4.74 Å². The van der Waals surface area contributed by atoms with E-state index in [1.165, 1.54) is 0 Å². The van der Waals surface area contributed by atoms with Gasteiger partial charge in [-0.05, 0) is 25.1 Å². The summed E-state index contributed by atoms with van der Waals surface area (Å²) in [6.45, 7) is 3.23. The van der Waals surface area contributed by atoms with E-state index in [1.807, 2.05) is 19.1 Å². The molecule has 1 unspecified atom stereocenters. The fraction of sp³-hybridized carbons (Fsp3) is 0.500. The van der Waals surface area contributed by atoms with Crippen LogP contribution in [0.2, 0.25) is 5.02 Å². The van der Waals surface area contributed by atoms with Gasteiger partial charge in [0.15, 0.2) is 0 Å². The van der Waals surface area contributed by atoms with Gasteiger partial charge in [0.1, 0.15) is 5.75 Å². The molecule has 0 aliphatic rings. The van der Waals surface area contributed by atoms with Crippen molar-refractivity contribution in [2.24, 2.45) is 5.73 Å². The van der Waals surface area contributed by atoms with Gasteiger partial charge in [-0.3, -0.25) is 0 Å². The molecule has 90 valence electrons. The van der Waals surface area contributed by atoms with E-state index in [2.05, 4.69) is 0 Å². The zero-order valence-corrected chi connectivity index (χ0v) is 10.5. The number of methoxy groups -OCH3 is 1. The van der Waals surface area contributed by atoms with Crippen molar-refractivity contribution in [3.8, 4) is 5.75 Å². The molecule has 0 saturated carbocycles. The lowest BCUT2D eigenvalue weighted by molar-refractivity contribution is 0.171. The molecule has 4 heteroatoms. The highest BCUT2D eigenvalue weighted by Gasteiger charge is 2.08. The quantitative estimate of drug-likeness (QED) is 0.782. The second-order valence-electron chi connectivity index (χ2n) is 3.67. The van der Waals surface area contributed by atoms with E-state index >= 15 is 0 Å². The number of benzene rings is 1. The lowest BCUT2D eigenvalue weighted by Gasteiger charge is -2.14. The fourth-order valence-electron chi connectivity index (χ4n) is 1.39. The number of hydrogen-bond acceptors (Lipinski definition) is 3. The maximum atomic E-state index is 5.91. The van der Waals surface area contributed by atoms with E-state index in [0.29, 0.717) is 18.2 Å². The predicted octanol–water partition coefficient (Wildman–Crippen LogP) is 2.78. The standard InChI is InChI=1S/C12H18ClNO2/c1-9(14)11-8-10(13)4-5-12(11)16-7-3-6-15-2/h4-5,8-9H,3,6-7,14H2,1-2H3. The highest BCUT2D eigenvalue weighted by molar-refractivity contribution is 6.30. The van der Waals surface area contributed by atoms with E-state index in [9.17, 15) is 0 Å². The number of nitrogens with two attached hydrogens (primary N) is 1. The molecule has 1 atom stereocenters. The summed E-state index contributed by atoms with van der Waals surface area (Å²) in [5.74, 6) is 0.801. The molecule has 0 saturated heterocycles. The molecule has 0 heterocycles. The number of hydrogen-bond donors (Lipinski definition) is 1. The Labute approximate surface area is 101 Å². The van der Waals surface area contributed by atoms with Crippen molar-refractivity contribution in [3.63, 3.8) is 0 Å². The van der Waals surface area contributed by atoms with Crippen molar-refractivity contribution < 1.29 is 9.47 Å². The largest absolute Gasteiger partial charge is 0.493 e. The van der Waals surface area contributed by atoms with Crippen LogP contribution in [0.3, 0.4) is 0 Å². The first-order chi connectivity index (χ1) is 7.65. The van der Waals surface area contributed by atoms with Crippen LogP contribution < -0.4 is 10.5 Å². The Morgan fingerprint density at radius 3 is 2.75 bits per heavy atom. The average Bonchev–Trinajstić information content (AvgIpc) is 2.26. The smallest absolute Gasteiger partial charge is 0.124 e. The van der Waals surface area contributed by atoms with Crippen LogP contribution in [0, 0.1) is 0 Å². The van der Waals surface area contributed by atoms with Crippen molar-refractivity contribution in [1.29, 1.82) is 0 Å². The first-order valence-electron chi connectivity index (χ1n) is 5.32. The minimum atomic E-state index is -0.0869. The van der Waals surface area contributed by atoms with Crippen molar-refractivity contribution >= 4 is 11.6 Å². The molecule has 1 aromatic carbocycles. The van der Waals surface area contributed by atoms with Crippen molar-refractivity contribution in [2.75, 3.05) is 20.3 Å². The van der Waals surface area contributed by atoms with Crippen molar-refractivity contribution in [2.45, 2.75) is 19.4 Å². The summed E-state index contributed by atoms with van der Waals surface area (Å²) < 4.78 is 10.6. The average molecular weight is 244 g/mol. The van der Waals surface area contributed by atoms with Gasteiger partial charge in [-0.15, -0.1) is 0 Å². The summed E-state index contributed by atoms with van der Waals surface area (Å²) in [7, 11) is 1.68. The lowest BCUT2D eigenvalue weighted by atomic mass is 10.1.